The summed E-state index contributed by atoms with van der Waals surface area (Å²) in [5.41, 5.74) is 4.39. The maximum atomic E-state index is 12.9. The van der Waals surface area contributed by atoms with E-state index in [1.807, 2.05) is 25.1 Å². The zero-order chi connectivity index (χ0) is 20.3. The summed E-state index contributed by atoms with van der Waals surface area (Å²) in [6.07, 6.45) is 0. The molecule has 2 amide bonds. The van der Waals surface area contributed by atoms with Crippen LogP contribution in [-0.4, -0.2) is 6.03 Å². The number of rotatable bonds is 5. The van der Waals surface area contributed by atoms with Gasteiger partial charge in [0.1, 0.15) is 0 Å². The van der Waals surface area contributed by atoms with Gasteiger partial charge in [-0.25, -0.2) is 4.79 Å². The Labute approximate surface area is 168 Å². The molecule has 0 fully saturated rings. The molecule has 0 aliphatic carbocycles. The van der Waals surface area contributed by atoms with Crippen molar-refractivity contribution in [1.29, 1.82) is 0 Å². The number of hydrogen-bond donors (Lipinski definition) is 2. The van der Waals surface area contributed by atoms with Crippen LogP contribution in [0, 0.1) is 0 Å². The summed E-state index contributed by atoms with van der Waals surface area (Å²) in [4.78, 5) is 12.9. The maximum Gasteiger partial charge on any atom is 0.319 e. The Kier molecular flexibility index (Phi) is 6.03. The minimum atomic E-state index is -0.171. The topological polar surface area (TPSA) is 41.1 Å². The van der Waals surface area contributed by atoms with Crippen molar-refractivity contribution < 1.29 is 4.79 Å². The average Bonchev–Trinajstić information content (AvgIpc) is 2.67. The fourth-order valence-corrected chi connectivity index (χ4v) is 3.75. The fourth-order valence-electron chi connectivity index (χ4n) is 3.75. The third kappa shape index (κ3) is 4.19. The fraction of sp³-hybridized carbons (Fsp3) is 0.320. The second-order valence-electron chi connectivity index (χ2n) is 8.01. The lowest BCUT2D eigenvalue weighted by atomic mass is 9.93. The number of nitrogens with one attached hydrogen (secondary N) is 2. The number of urea groups is 1. The molecule has 0 saturated heterocycles. The first-order chi connectivity index (χ1) is 13.4. The lowest BCUT2D eigenvalue weighted by Crippen LogP contribution is -2.32. The van der Waals surface area contributed by atoms with Crippen molar-refractivity contribution in [3.05, 3.63) is 77.4 Å². The minimum absolute atomic E-state index is 0.0974. The monoisotopic (exact) mass is 374 g/mol. The van der Waals surface area contributed by atoms with Crippen LogP contribution < -0.4 is 10.6 Å². The minimum Gasteiger partial charge on any atom is -0.331 e. The Morgan fingerprint density at radius 2 is 1.25 bits per heavy atom. The Bertz CT molecular complexity index is 944. The van der Waals surface area contributed by atoms with Gasteiger partial charge in [-0.05, 0) is 46.2 Å². The molecule has 0 saturated carbocycles. The largest absolute Gasteiger partial charge is 0.331 e. The van der Waals surface area contributed by atoms with E-state index in [9.17, 15) is 4.79 Å². The highest BCUT2D eigenvalue weighted by Gasteiger charge is 2.18. The van der Waals surface area contributed by atoms with E-state index in [1.54, 1.807) is 0 Å². The van der Waals surface area contributed by atoms with Gasteiger partial charge in [0.2, 0.25) is 0 Å². The van der Waals surface area contributed by atoms with Gasteiger partial charge in [0, 0.05) is 5.69 Å². The number of fused-ring (bicyclic) bond motifs is 1. The molecule has 0 aromatic heterocycles. The zero-order valence-electron chi connectivity index (χ0n) is 17.4. The molecule has 1 atom stereocenters. The zero-order valence-corrected chi connectivity index (χ0v) is 17.4. The van der Waals surface area contributed by atoms with E-state index in [1.165, 1.54) is 21.9 Å². The number of anilines is 1. The highest BCUT2D eigenvalue weighted by molar-refractivity contribution is 5.92. The van der Waals surface area contributed by atoms with Crippen LogP contribution in [0.25, 0.3) is 10.8 Å². The first-order valence-electron chi connectivity index (χ1n) is 10.1. The number of para-hydroxylation sites is 1. The maximum absolute atomic E-state index is 12.9. The lowest BCUT2D eigenvalue weighted by molar-refractivity contribution is 0.249. The molecule has 3 nitrogen and oxygen atoms in total. The molecule has 3 heteroatoms. The van der Waals surface area contributed by atoms with E-state index in [4.69, 9.17) is 0 Å². The molecule has 1 unspecified atom stereocenters. The van der Waals surface area contributed by atoms with Crippen molar-refractivity contribution in [3.63, 3.8) is 0 Å². The van der Waals surface area contributed by atoms with Gasteiger partial charge in [-0.1, -0.05) is 88.4 Å². The smallest absolute Gasteiger partial charge is 0.319 e. The van der Waals surface area contributed by atoms with Crippen molar-refractivity contribution in [2.75, 3.05) is 5.32 Å². The van der Waals surface area contributed by atoms with Gasteiger partial charge in [-0.15, -0.1) is 0 Å². The van der Waals surface area contributed by atoms with E-state index in [2.05, 4.69) is 80.8 Å². The highest BCUT2D eigenvalue weighted by atomic mass is 16.2. The summed E-state index contributed by atoms with van der Waals surface area (Å²) in [7, 11) is 0. The summed E-state index contributed by atoms with van der Waals surface area (Å²) in [6.45, 7) is 10.6. The van der Waals surface area contributed by atoms with Gasteiger partial charge in [0.05, 0.1) is 6.04 Å². The molecule has 3 aromatic carbocycles. The van der Waals surface area contributed by atoms with Gasteiger partial charge >= 0.3 is 6.03 Å². The normalized spacial score (nSPS) is 12.4. The molecule has 0 bridgehead atoms. The Morgan fingerprint density at radius 3 is 1.89 bits per heavy atom. The van der Waals surface area contributed by atoms with Crippen LogP contribution in [0.15, 0.2) is 60.7 Å². The second-order valence-corrected chi connectivity index (χ2v) is 8.01. The molecular weight excluding hydrogens is 344 g/mol. The third-order valence-corrected chi connectivity index (χ3v) is 5.25. The van der Waals surface area contributed by atoms with Crippen LogP contribution in [0.2, 0.25) is 0 Å². The lowest BCUT2D eigenvalue weighted by Gasteiger charge is -2.22. The van der Waals surface area contributed by atoms with E-state index in [0.717, 1.165) is 11.3 Å². The SMILES string of the molecule is CC(C)c1cccc(C(C)C)c1NC(=O)NC(C)c1cccc2ccccc12. The average molecular weight is 375 g/mol. The van der Waals surface area contributed by atoms with E-state index >= 15 is 0 Å². The van der Waals surface area contributed by atoms with Gasteiger partial charge < -0.3 is 10.6 Å². The van der Waals surface area contributed by atoms with Crippen molar-refractivity contribution in [2.24, 2.45) is 0 Å². The molecule has 2 N–H and O–H groups in total. The molecular formula is C25H30N2O. The first-order valence-corrected chi connectivity index (χ1v) is 10.1. The molecule has 146 valence electrons. The van der Waals surface area contributed by atoms with Crippen molar-refractivity contribution >= 4 is 22.5 Å². The van der Waals surface area contributed by atoms with Crippen LogP contribution in [0.1, 0.15) is 69.2 Å². The van der Waals surface area contributed by atoms with Crippen LogP contribution in [0.5, 0.6) is 0 Å². The van der Waals surface area contributed by atoms with Gasteiger partial charge in [0.15, 0.2) is 0 Å². The molecule has 0 aliphatic heterocycles. The number of carbonyl (C=O) groups is 1. The summed E-state index contributed by atoms with van der Waals surface area (Å²) in [5.74, 6) is 0.675. The van der Waals surface area contributed by atoms with Crippen LogP contribution in [-0.2, 0) is 0 Å². The first kappa shape index (κ1) is 19.9. The predicted molar refractivity (Wildman–Crippen MR) is 119 cm³/mol. The van der Waals surface area contributed by atoms with Crippen LogP contribution in [0.3, 0.4) is 0 Å². The summed E-state index contributed by atoms with van der Waals surface area (Å²) in [5, 5.41) is 8.61. The van der Waals surface area contributed by atoms with E-state index in [0.29, 0.717) is 11.8 Å². The Hall–Kier alpha value is -2.81. The quantitative estimate of drug-likeness (QED) is 0.497. The predicted octanol–water partition coefficient (Wildman–Crippen LogP) is 6.97. The Morgan fingerprint density at radius 1 is 0.714 bits per heavy atom. The number of benzene rings is 3. The number of amides is 2. The standard InChI is InChI=1S/C25H30N2O/c1-16(2)20-13-9-14-21(17(3)4)24(20)27-25(28)26-18(5)22-15-8-11-19-10-6-7-12-23(19)22/h6-18H,1-5H3,(H2,26,27,28). The van der Waals surface area contributed by atoms with Crippen molar-refractivity contribution in [2.45, 2.75) is 52.5 Å². The summed E-state index contributed by atoms with van der Waals surface area (Å²) >= 11 is 0. The molecule has 3 rings (SSSR count). The molecule has 28 heavy (non-hydrogen) atoms. The molecule has 0 radical (unpaired) electrons. The molecule has 0 spiro atoms. The summed E-state index contributed by atoms with van der Waals surface area (Å²) < 4.78 is 0. The van der Waals surface area contributed by atoms with Gasteiger partial charge in [-0.2, -0.15) is 0 Å². The Balaban J connectivity index is 1.84. The second kappa shape index (κ2) is 8.47. The van der Waals surface area contributed by atoms with Gasteiger partial charge in [-0.3, -0.25) is 0 Å². The van der Waals surface area contributed by atoms with Crippen molar-refractivity contribution in [1.82, 2.24) is 5.32 Å². The van der Waals surface area contributed by atoms with Crippen molar-refractivity contribution in [3.8, 4) is 0 Å². The van der Waals surface area contributed by atoms with Gasteiger partial charge in [0.25, 0.3) is 0 Å². The molecule has 3 aromatic rings. The highest BCUT2D eigenvalue weighted by Crippen LogP contribution is 2.32. The number of hydrogen-bond acceptors (Lipinski definition) is 1. The molecule has 0 aliphatic rings. The number of carbonyl (C=O) groups excluding carboxylic acids is 1. The summed E-state index contributed by atoms with van der Waals surface area (Å²) in [6, 6.07) is 20.5. The van der Waals surface area contributed by atoms with E-state index < -0.39 is 0 Å². The van der Waals surface area contributed by atoms with Crippen LogP contribution in [0.4, 0.5) is 10.5 Å². The third-order valence-electron chi connectivity index (χ3n) is 5.25. The molecule has 0 heterocycles. The van der Waals surface area contributed by atoms with Crippen LogP contribution >= 0.6 is 0 Å². The van der Waals surface area contributed by atoms with E-state index in [-0.39, 0.29) is 12.1 Å².